The zero-order valence-corrected chi connectivity index (χ0v) is 31.1. The molecule has 0 aromatic heterocycles. The highest BCUT2D eigenvalue weighted by molar-refractivity contribution is 5.72. The summed E-state index contributed by atoms with van der Waals surface area (Å²) in [6.45, 7) is 4.52. The van der Waals surface area contributed by atoms with Gasteiger partial charge in [-0.15, -0.1) is 0 Å². The molecule has 0 atom stereocenters. The van der Waals surface area contributed by atoms with Crippen LogP contribution in [0.15, 0.2) is 48.6 Å². The first-order valence-corrected chi connectivity index (χ1v) is 19.5. The van der Waals surface area contributed by atoms with E-state index >= 15 is 0 Å². The van der Waals surface area contributed by atoms with Crippen LogP contribution in [-0.2, 0) is 9.53 Å². The summed E-state index contributed by atoms with van der Waals surface area (Å²) in [5.41, 5.74) is 0. The number of carbonyl (C=O) groups is 1. The van der Waals surface area contributed by atoms with Crippen molar-refractivity contribution in [2.75, 3.05) is 14.1 Å². The molecule has 0 fully saturated rings. The smallest absolute Gasteiger partial charge is 0.318 e. The zero-order chi connectivity index (χ0) is 33.6. The fourth-order valence-corrected chi connectivity index (χ4v) is 5.48. The third-order valence-electron chi connectivity index (χ3n) is 8.29. The van der Waals surface area contributed by atoms with Gasteiger partial charge in [0.05, 0.1) is 0 Å². The second-order valence-corrected chi connectivity index (χ2v) is 13.2. The molecular weight excluding hydrogens is 562 g/mol. The van der Waals surface area contributed by atoms with Crippen molar-refractivity contribution in [3.05, 3.63) is 48.6 Å². The lowest BCUT2D eigenvalue weighted by Gasteiger charge is -2.17. The largest absolute Gasteiger partial charge is 0.462 e. The summed E-state index contributed by atoms with van der Waals surface area (Å²) in [6, 6.07) is 2.92. The Morgan fingerprint density at radius 2 is 0.913 bits per heavy atom. The zero-order valence-electron chi connectivity index (χ0n) is 31.1. The molecule has 0 aromatic carbocycles. The van der Waals surface area contributed by atoms with E-state index in [9.17, 15) is 4.79 Å². The predicted molar refractivity (Wildman–Crippen MR) is 204 cm³/mol. The van der Waals surface area contributed by atoms with Gasteiger partial charge in [0, 0.05) is 20.1 Å². The molecule has 0 aliphatic rings. The van der Waals surface area contributed by atoms with Crippen LogP contribution in [0, 0.1) is 12.0 Å². The van der Waals surface area contributed by atoms with Crippen LogP contribution in [0.1, 0.15) is 187 Å². The standard InChI is InChI=1S/C43H75NO2/c1-5-7-9-11-13-15-17-19-21-23-25-27-29-31-33-35-38-42(46-43(45)40-37-41-44(3)4)39-36-34-32-30-28-26-24-22-20-18-16-14-12-10-8-6-2/h13-16,19-22,42H,5-12,17-18,23-36,38-40H2,1-4H3/b15-13+,16-14+,21-19+,22-20+. The van der Waals surface area contributed by atoms with Crippen LogP contribution in [-0.4, -0.2) is 31.1 Å². The van der Waals surface area contributed by atoms with Crippen LogP contribution in [0.4, 0.5) is 0 Å². The van der Waals surface area contributed by atoms with Crippen LogP contribution in [0.3, 0.4) is 0 Å². The molecule has 0 amide bonds. The van der Waals surface area contributed by atoms with Crippen molar-refractivity contribution in [2.24, 2.45) is 0 Å². The summed E-state index contributed by atoms with van der Waals surface area (Å²) in [5, 5.41) is 0. The highest BCUT2D eigenvalue weighted by atomic mass is 16.5. The van der Waals surface area contributed by atoms with E-state index in [-0.39, 0.29) is 18.5 Å². The fourth-order valence-electron chi connectivity index (χ4n) is 5.48. The van der Waals surface area contributed by atoms with Gasteiger partial charge in [-0.1, -0.05) is 145 Å². The Bertz CT molecular complexity index is 777. The Hall–Kier alpha value is -2.21. The number of hydrogen-bond acceptors (Lipinski definition) is 3. The molecule has 0 aliphatic heterocycles. The quantitative estimate of drug-likeness (QED) is 0.0242. The van der Waals surface area contributed by atoms with E-state index in [1.165, 1.54) is 128 Å². The van der Waals surface area contributed by atoms with E-state index in [1.807, 2.05) is 14.1 Å². The van der Waals surface area contributed by atoms with Gasteiger partial charge in [0.25, 0.3) is 0 Å². The minimum Gasteiger partial charge on any atom is -0.462 e. The Balaban J connectivity index is 4.05. The SMILES string of the molecule is CCCCC/C=C/C/C=C/CCCCCCCCC(CCCCCCCC/C=C/C/C=C/CCCCC)OC(=O)CC#CN(C)C. The molecule has 0 saturated carbocycles. The first-order valence-electron chi connectivity index (χ1n) is 19.5. The van der Waals surface area contributed by atoms with Gasteiger partial charge in [-0.2, -0.15) is 0 Å². The maximum absolute atomic E-state index is 12.4. The van der Waals surface area contributed by atoms with E-state index in [2.05, 4.69) is 74.4 Å². The Morgan fingerprint density at radius 1 is 0.543 bits per heavy atom. The van der Waals surface area contributed by atoms with Crippen molar-refractivity contribution in [2.45, 2.75) is 193 Å². The number of allylic oxidation sites excluding steroid dienone is 8. The lowest BCUT2D eigenvalue weighted by atomic mass is 10.0. The number of carbonyl (C=O) groups excluding carboxylic acids is 1. The van der Waals surface area contributed by atoms with Crippen LogP contribution in [0.25, 0.3) is 0 Å². The Labute approximate surface area is 287 Å². The molecule has 3 heteroatoms. The second-order valence-electron chi connectivity index (χ2n) is 13.2. The van der Waals surface area contributed by atoms with Gasteiger partial charge in [0.1, 0.15) is 12.5 Å². The molecule has 0 rings (SSSR count). The molecule has 46 heavy (non-hydrogen) atoms. The summed E-state index contributed by atoms with van der Waals surface area (Å²) in [4.78, 5) is 14.2. The molecule has 0 aliphatic carbocycles. The van der Waals surface area contributed by atoms with E-state index in [4.69, 9.17) is 4.74 Å². The van der Waals surface area contributed by atoms with E-state index in [1.54, 1.807) is 4.90 Å². The molecule has 0 saturated heterocycles. The lowest BCUT2D eigenvalue weighted by Crippen LogP contribution is -2.18. The summed E-state index contributed by atoms with van der Waals surface area (Å²) in [5.74, 6) is 2.76. The van der Waals surface area contributed by atoms with Crippen LogP contribution >= 0.6 is 0 Å². The van der Waals surface area contributed by atoms with Crippen molar-refractivity contribution in [3.63, 3.8) is 0 Å². The number of rotatable bonds is 32. The van der Waals surface area contributed by atoms with Crippen molar-refractivity contribution in [3.8, 4) is 12.0 Å². The number of ether oxygens (including phenoxy) is 1. The number of esters is 1. The van der Waals surface area contributed by atoms with E-state index in [0.717, 1.165) is 38.5 Å². The van der Waals surface area contributed by atoms with E-state index < -0.39 is 0 Å². The molecule has 0 N–H and O–H groups in total. The van der Waals surface area contributed by atoms with Gasteiger partial charge in [0.15, 0.2) is 0 Å². The molecule has 0 spiro atoms. The normalized spacial score (nSPS) is 11.8. The molecule has 3 nitrogen and oxygen atoms in total. The van der Waals surface area contributed by atoms with Crippen LogP contribution < -0.4 is 0 Å². The third-order valence-corrected chi connectivity index (χ3v) is 8.29. The monoisotopic (exact) mass is 638 g/mol. The molecule has 0 unspecified atom stereocenters. The van der Waals surface area contributed by atoms with Gasteiger partial charge in [-0.05, 0) is 89.9 Å². The predicted octanol–water partition coefficient (Wildman–Crippen LogP) is 13.2. The van der Waals surface area contributed by atoms with Crippen molar-refractivity contribution in [1.29, 1.82) is 0 Å². The highest BCUT2D eigenvalue weighted by Gasteiger charge is 2.13. The maximum Gasteiger partial charge on any atom is 0.318 e. The van der Waals surface area contributed by atoms with Crippen LogP contribution in [0.5, 0.6) is 0 Å². The van der Waals surface area contributed by atoms with Gasteiger partial charge < -0.3 is 9.64 Å². The van der Waals surface area contributed by atoms with Gasteiger partial charge in [0.2, 0.25) is 0 Å². The average molecular weight is 638 g/mol. The first kappa shape index (κ1) is 43.8. The summed E-state index contributed by atoms with van der Waals surface area (Å²) >= 11 is 0. The topological polar surface area (TPSA) is 29.5 Å². The van der Waals surface area contributed by atoms with Crippen molar-refractivity contribution < 1.29 is 9.53 Å². The average Bonchev–Trinajstić information content (AvgIpc) is 3.04. The van der Waals surface area contributed by atoms with Gasteiger partial charge >= 0.3 is 5.97 Å². The van der Waals surface area contributed by atoms with Gasteiger partial charge in [-0.3, -0.25) is 4.79 Å². The van der Waals surface area contributed by atoms with Crippen molar-refractivity contribution in [1.82, 2.24) is 4.90 Å². The maximum atomic E-state index is 12.4. The molecule has 0 heterocycles. The summed E-state index contributed by atoms with van der Waals surface area (Å²) in [7, 11) is 3.77. The summed E-state index contributed by atoms with van der Waals surface area (Å²) in [6.07, 6.45) is 50.9. The van der Waals surface area contributed by atoms with Crippen molar-refractivity contribution >= 4 is 5.97 Å². The molecular formula is C43H75NO2. The highest BCUT2D eigenvalue weighted by Crippen LogP contribution is 2.18. The first-order chi connectivity index (χ1) is 22.6. The van der Waals surface area contributed by atoms with Gasteiger partial charge in [-0.25, -0.2) is 0 Å². The molecule has 0 bridgehead atoms. The number of nitrogens with zero attached hydrogens (tertiary/aromatic N) is 1. The second kappa shape index (κ2) is 37.2. The minimum absolute atomic E-state index is 0.0466. The minimum atomic E-state index is -0.167. The lowest BCUT2D eigenvalue weighted by molar-refractivity contribution is -0.148. The molecule has 0 aromatic rings. The number of unbranched alkanes of at least 4 members (excludes halogenated alkanes) is 18. The summed E-state index contributed by atoms with van der Waals surface area (Å²) < 4.78 is 5.90. The third kappa shape index (κ3) is 36.3. The molecule has 0 radical (unpaired) electrons. The Kier molecular flexibility index (Phi) is 35.5. The Morgan fingerprint density at radius 3 is 1.30 bits per heavy atom. The fraction of sp³-hybridized carbons (Fsp3) is 0.744. The molecule has 264 valence electrons. The van der Waals surface area contributed by atoms with Crippen LogP contribution in [0.2, 0.25) is 0 Å². The van der Waals surface area contributed by atoms with E-state index in [0.29, 0.717) is 0 Å². The number of hydrogen-bond donors (Lipinski definition) is 0.